The molecule has 0 N–H and O–H groups in total. The summed E-state index contributed by atoms with van der Waals surface area (Å²) in [5, 5.41) is 9.76. The molecule has 0 spiro atoms. The van der Waals surface area contributed by atoms with Gasteiger partial charge in [-0.05, 0) is 19.3 Å². The fourth-order valence-electron chi connectivity index (χ4n) is 0.958. The molecule has 0 saturated carbocycles. The van der Waals surface area contributed by atoms with Gasteiger partial charge in [-0.15, -0.1) is 0 Å². The topological polar surface area (TPSA) is 27.0 Å². The van der Waals surface area contributed by atoms with Gasteiger partial charge in [0.05, 0.1) is 0 Å². The standard InChI is InChI=1S/C9H17BrN2/c1-2-3-7-12(9-11)8-5-4-6-10/h2-8H2,1H3. The number of nitriles is 1. The number of unbranched alkanes of at least 4 members (excludes halogenated alkanes) is 2. The van der Waals surface area contributed by atoms with E-state index in [1.54, 1.807) is 0 Å². The van der Waals surface area contributed by atoms with Crippen molar-refractivity contribution in [3.05, 3.63) is 0 Å². The Balaban J connectivity index is 3.35. The van der Waals surface area contributed by atoms with E-state index in [2.05, 4.69) is 29.0 Å². The maximum atomic E-state index is 8.72. The molecule has 0 saturated heterocycles. The van der Waals surface area contributed by atoms with Gasteiger partial charge in [0.15, 0.2) is 6.19 Å². The molecule has 0 aromatic rings. The van der Waals surface area contributed by atoms with Crippen LogP contribution in [0.25, 0.3) is 0 Å². The van der Waals surface area contributed by atoms with Gasteiger partial charge in [-0.25, -0.2) is 0 Å². The highest BCUT2D eigenvalue weighted by Crippen LogP contribution is 1.99. The van der Waals surface area contributed by atoms with E-state index in [1.165, 1.54) is 0 Å². The molecule has 2 nitrogen and oxygen atoms in total. The number of rotatable bonds is 7. The van der Waals surface area contributed by atoms with Crippen LogP contribution in [0.15, 0.2) is 0 Å². The predicted octanol–water partition coefficient (Wildman–Crippen LogP) is 2.74. The Bertz CT molecular complexity index is 131. The fourth-order valence-corrected chi connectivity index (χ4v) is 1.35. The molecule has 0 aromatic carbocycles. The van der Waals surface area contributed by atoms with E-state index < -0.39 is 0 Å². The maximum absolute atomic E-state index is 8.72. The number of nitrogens with zero attached hydrogens (tertiary/aromatic N) is 2. The summed E-state index contributed by atoms with van der Waals surface area (Å²) in [5.74, 6) is 0. The highest BCUT2D eigenvalue weighted by molar-refractivity contribution is 9.09. The average Bonchev–Trinajstić information content (AvgIpc) is 2.11. The van der Waals surface area contributed by atoms with Crippen molar-refractivity contribution in [2.75, 3.05) is 18.4 Å². The zero-order chi connectivity index (χ0) is 9.23. The fraction of sp³-hybridized carbons (Fsp3) is 0.889. The largest absolute Gasteiger partial charge is 0.311 e. The van der Waals surface area contributed by atoms with Crippen molar-refractivity contribution in [3.8, 4) is 6.19 Å². The van der Waals surface area contributed by atoms with Crippen LogP contribution in [0.4, 0.5) is 0 Å². The van der Waals surface area contributed by atoms with Crippen LogP contribution in [0.1, 0.15) is 32.6 Å². The minimum Gasteiger partial charge on any atom is -0.311 e. The molecule has 0 heterocycles. The van der Waals surface area contributed by atoms with Crippen LogP contribution in [-0.2, 0) is 0 Å². The van der Waals surface area contributed by atoms with Gasteiger partial charge in [0.1, 0.15) is 0 Å². The summed E-state index contributed by atoms with van der Waals surface area (Å²) >= 11 is 3.37. The van der Waals surface area contributed by atoms with Gasteiger partial charge in [0.25, 0.3) is 0 Å². The van der Waals surface area contributed by atoms with Gasteiger partial charge < -0.3 is 4.90 Å². The second-order valence-electron chi connectivity index (χ2n) is 2.84. The van der Waals surface area contributed by atoms with Gasteiger partial charge in [0.2, 0.25) is 0 Å². The van der Waals surface area contributed by atoms with Crippen molar-refractivity contribution in [2.24, 2.45) is 0 Å². The molecule has 70 valence electrons. The summed E-state index contributed by atoms with van der Waals surface area (Å²) in [7, 11) is 0. The van der Waals surface area contributed by atoms with Crippen LogP contribution in [0, 0.1) is 11.5 Å². The summed E-state index contributed by atoms with van der Waals surface area (Å²) in [6, 6.07) is 0. The molecule has 12 heavy (non-hydrogen) atoms. The SMILES string of the molecule is CCCCN(C#N)CCCCBr. The average molecular weight is 233 g/mol. The molecule has 3 heteroatoms. The third-order valence-corrected chi connectivity index (χ3v) is 2.30. The van der Waals surface area contributed by atoms with Crippen LogP contribution in [0.3, 0.4) is 0 Å². The first-order valence-electron chi connectivity index (χ1n) is 4.55. The highest BCUT2D eigenvalue weighted by atomic mass is 79.9. The molecule has 0 unspecified atom stereocenters. The molecule has 0 amide bonds. The lowest BCUT2D eigenvalue weighted by Gasteiger charge is -2.13. The van der Waals surface area contributed by atoms with Crippen LogP contribution < -0.4 is 0 Å². The Morgan fingerprint density at radius 2 is 1.92 bits per heavy atom. The summed E-state index contributed by atoms with van der Waals surface area (Å²) in [6.45, 7) is 3.99. The Kier molecular flexibility index (Phi) is 8.69. The first kappa shape index (κ1) is 11.8. The second-order valence-corrected chi connectivity index (χ2v) is 3.63. The first-order chi connectivity index (χ1) is 5.85. The van der Waals surface area contributed by atoms with E-state index in [0.29, 0.717) is 0 Å². The Morgan fingerprint density at radius 3 is 2.42 bits per heavy atom. The zero-order valence-corrected chi connectivity index (χ0v) is 9.31. The van der Waals surface area contributed by atoms with E-state index in [1.807, 2.05) is 4.90 Å². The van der Waals surface area contributed by atoms with Crippen LogP contribution in [0.2, 0.25) is 0 Å². The molecule has 0 aliphatic carbocycles. The van der Waals surface area contributed by atoms with E-state index in [0.717, 1.165) is 44.1 Å². The van der Waals surface area contributed by atoms with E-state index in [-0.39, 0.29) is 0 Å². The Morgan fingerprint density at radius 1 is 1.25 bits per heavy atom. The quantitative estimate of drug-likeness (QED) is 0.292. The normalized spacial score (nSPS) is 9.42. The molecule has 0 atom stereocenters. The van der Waals surface area contributed by atoms with E-state index >= 15 is 0 Å². The number of alkyl halides is 1. The van der Waals surface area contributed by atoms with Crippen molar-refractivity contribution in [2.45, 2.75) is 32.6 Å². The van der Waals surface area contributed by atoms with Gasteiger partial charge in [-0.2, -0.15) is 5.26 Å². The Hall–Kier alpha value is -0.230. The summed E-state index contributed by atoms with van der Waals surface area (Å²) < 4.78 is 0. The van der Waals surface area contributed by atoms with E-state index in [4.69, 9.17) is 5.26 Å². The van der Waals surface area contributed by atoms with Crippen molar-refractivity contribution in [1.29, 1.82) is 5.26 Å². The molecule has 0 rings (SSSR count). The third-order valence-electron chi connectivity index (χ3n) is 1.73. The lowest BCUT2D eigenvalue weighted by atomic mass is 10.3. The smallest absolute Gasteiger partial charge is 0.179 e. The van der Waals surface area contributed by atoms with Gasteiger partial charge >= 0.3 is 0 Å². The van der Waals surface area contributed by atoms with Crippen LogP contribution in [-0.4, -0.2) is 23.3 Å². The zero-order valence-electron chi connectivity index (χ0n) is 7.72. The highest BCUT2D eigenvalue weighted by Gasteiger charge is 1.98. The molecule has 0 fully saturated rings. The number of hydrogen-bond donors (Lipinski definition) is 0. The summed E-state index contributed by atoms with van der Waals surface area (Å²) in [6.07, 6.45) is 6.77. The van der Waals surface area contributed by atoms with Crippen LogP contribution >= 0.6 is 15.9 Å². The Labute approximate surface area is 83.7 Å². The lowest BCUT2D eigenvalue weighted by molar-refractivity contribution is 0.375. The van der Waals surface area contributed by atoms with Crippen LogP contribution in [0.5, 0.6) is 0 Å². The molecule has 0 bridgehead atoms. The van der Waals surface area contributed by atoms with Crippen molar-refractivity contribution in [3.63, 3.8) is 0 Å². The van der Waals surface area contributed by atoms with Crippen molar-refractivity contribution in [1.82, 2.24) is 4.90 Å². The van der Waals surface area contributed by atoms with Gasteiger partial charge in [0, 0.05) is 18.4 Å². The lowest BCUT2D eigenvalue weighted by Crippen LogP contribution is -2.20. The minimum atomic E-state index is 0.919. The first-order valence-corrected chi connectivity index (χ1v) is 5.68. The monoisotopic (exact) mass is 232 g/mol. The number of halogens is 1. The molecule has 0 radical (unpaired) electrons. The molecule has 0 aromatic heterocycles. The van der Waals surface area contributed by atoms with Crippen molar-refractivity contribution >= 4 is 15.9 Å². The van der Waals surface area contributed by atoms with E-state index in [9.17, 15) is 0 Å². The number of hydrogen-bond acceptors (Lipinski definition) is 2. The van der Waals surface area contributed by atoms with Crippen molar-refractivity contribution < 1.29 is 0 Å². The summed E-state index contributed by atoms with van der Waals surface area (Å²) in [5.41, 5.74) is 0. The third kappa shape index (κ3) is 6.48. The van der Waals surface area contributed by atoms with Gasteiger partial charge in [-0.3, -0.25) is 0 Å². The summed E-state index contributed by atoms with van der Waals surface area (Å²) in [4.78, 5) is 1.85. The maximum Gasteiger partial charge on any atom is 0.179 e. The minimum absolute atomic E-state index is 0.919. The molecule has 0 aliphatic heterocycles. The second kappa shape index (κ2) is 8.86. The predicted molar refractivity (Wildman–Crippen MR) is 55.1 cm³/mol. The molecule has 0 aliphatic rings. The molecular weight excluding hydrogens is 216 g/mol. The van der Waals surface area contributed by atoms with Gasteiger partial charge in [-0.1, -0.05) is 29.3 Å². The molecular formula is C9H17BrN2.